The van der Waals surface area contributed by atoms with Crippen molar-refractivity contribution in [3.63, 3.8) is 0 Å². The molecule has 7 nitrogen and oxygen atoms in total. The normalized spacial score (nSPS) is 22.9. The van der Waals surface area contributed by atoms with Crippen LogP contribution in [0.2, 0.25) is 0 Å². The number of hydrogen-bond acceptors (Lipinski definition) is 6. The van der Waals surface area contributed by atoms with E-state index in [0.717, 1.165) is 56.7 Å². The maximum Gasteiger partial charge on any atom is 0.253 e. The average molecular weight is 314 g/mol. The minimum absolute atomic E-state index is 0.204. The lowest BCUT2D eigenvalue weighted by Gasteiger charge is -2.39. The number of nitrogens with zero attached hydrogens (tertiary/aromatic N) is 6. The Morgan fingerprint density at radius 1 is 1.13 bits per heavy atom. The molecule has 1 atom stereocenters. The highest BCUT2D eigenvalue weighted by molar-refractivity contribution is 5.39. The van der Waals surface area contributed by atoms with Gasteiger partial charge in [-0.2, -0.15) is 9.78 Å². The zero-order valence-electron chi connectivity index (χ0n) is 13.4. The second-order valence-electron chi connectivity index (χ2n) is 6.39. The second-order valence-corrected chi connectivity index (χ2v) is 6.39. The van der Waals surface area contributed by atoms with Crippen molar-refractivity contribution in [2.24, 2.45) is 0 Å². The zero-order chi connectivity index (χ0) is 15.8. The first kappa shape index (κ1) is 14.6. The summed E-state index contributed by atoms with van der Waals surface area (Å²) in [7, 11) is 2.16. The summed E-state index contributed by atoms with van der Waals surface area (Å²) in [5, 5.41) is 15.3. The third kappa shape index (κ3) is 2.60. The van der Waals surface area contributed by atoms with Crippen LogP contribution in [0.15, 0.2) is 18.5 Å². The number of aryl methyl sites for hydroxylation is 1. The van der Waals surface area contributed by atoms with Crippen molar-refractivity contribution in [2.45, 2.75) is 25.3 Å². The molecule has 4 rings (SSSR count). The SMILES string of the molecule is CN1CCN(C2CCCc3nn(-c4ncccn4)c(O)c32)CC1. The lowest BCUT2D eigenvalue weighted by Crippen LogP contribution is -2.46. The fraction of sp³-hybridized carbons (Fsp3) is 0.562. The Bertz CT molecular complexity index is 677. The Hall–Kier alpha value is -1.99. The van der Waals surface area contributed by atoms with Crippen LogP contribution in [0.1, 0.15) is 30.1 Å². The monoisotopic (exact) mass is 314 g/mol. The van der Waals surface area contributed by atoms with Crippen LogP contribution in [-0.2, 0) is 6.42 Å². The molecular formula is C16H22N6O. The van der Waals surface area contributed by atoms with Gasteiger partial charge in [-0.3, -0.25) is 4.90 Å². The minimum Gasteiger partial charge on any atom is -0.493 e. The molecule has 1 fully saturated rings. The van der Waals surface area contributed by atoms with E-state index in [4.69, 9.17) is 0 Å². The van der Waals surface area contributed by atoms with Gasteiger partial charge in [0.15, 0.2) is 0 Å². The number of likely N-dealkylation sites (N-methyl/N-ethyl adjacent to an activating group) is 1. The first-order valence-electron chi connectivity index (χ1n) is 8.25. The number of piperazine rings is 1. The molecule has 0 aromatic carbocycles. The fourth-order valence-electron chi connectivity index (χ4n) is 3.64. The molecule has 2 aromatic rings. The van der Waals surface area contributed by atoms with E-state index >= 15 is 0 Å². The molecule has 0 amide bonds. The Morgan fingerprint density at radius 3 is 2.61 bits per heavy atom. The van der Waals surface area contributed by atoms with Crippen LogP contribution in [0.25, 0.3) is 5.95 Å². The van der Waals surface area contributed by atoms with E-state index in [1.807, 2.05) is 0 Å². The molecule has 0 spiro atoms. The molecule has 1 N–H and O–H groups in total. The summed E-state index contributed by atoms with van der Waals surface area (Å²) in [5.41, 5.74) is 1.97. The third-order valence-electron chi connectivity index (χ3n) is 4.92. The van der Waals surface area contributed by atoms with Crippen LogP contribution in [0.4, 0.5) is 0 Å². The quantitative estimate of drug-likeness (QED) is 0.891. The van der Waals surface area contributed by atoms with Crippen molar-refractivity contribution < 1.29 is 5.11 Å². The molecule has 2 aromatic heterocycles. The van der Waals surface area contributed by atoms with Gasteiger partial charge in [0.25, 0.3) is 5.95 Å². The van der Waals surface area contributed by atoms with E-state index < -0.39 is 0 Å². The van der Waals surface area contributed by atoms with Crippen LogP contribution in [0.3, 0.4) is 0 Å². The summed E-state index contributed by atoms with van der Waals surface area (Å²) in [6.45, 7) is 4.21. The van der Waals surface area contributed by atoms with Crippen LogP contribution in [0.5, 0.6) is 5.88 Å². The van der Waals surface area contributed by atoms with E-state index in [1.54, 1.807) is 18.5 Å². The summed E-state index contributed by atoms with van der Waals surface area (Å²) >= 11 is 0. The second kappa shape index (κ2) is 5.90. The summed E-state index contributed by atoms with van der Waals surface area (Å²) < 4.78 is 1.49. The van der Waals surface area contributed by atoms with Gasteiger partial charge in [0.05, 0.1) is 11.3 Å². The molecular weight excluding hydrogens is 292 g/mol. The van der Waals surface area contributed by atoms with E-state index in [9.17, 15) is 5.11 Å². The molecule has 1 saturated heterocycles. The van der Waals surface area contributed by atoms with Crippen molar-refractivity contribution in [1.82, 2.24) is 29.5 Å². The van der Waals surface area contributed by atoms with Crippen LogP contribution in [0, 0.1) is 0 Å². The van der Waals surface area contributed by atoms with Gasteiger partial charge >= 0.3 is 0 Å². The number of fused-ring (bicyclic) bond motifs is 1. The highest BCUT2D eigenvalue weighted by Gasteiger charge is 2.34. The Morgan fingerprint density at radius 2 is 1.87 bits per heavy atom. The van der Waals surface area contributed by atoms with Crippen molar-refractivity contribution >= 4 is 0 Å². The van der Waals surface area contributed by atoms with Crippen LogP contribution >= 0.6 is 0 Å². The summed E-state index contributed by atoms with van der Waals surface area (Å²) in [6, 6.07) is 2.02. The summed E-state index contributed by atoms with van der Waals surface area (Å²) in [5.74, 6) is 0.631. The molecule has 23 heavy (non-hydrogen) atoms. The van der Waals surface area contributed by atoms with E-state index in [-0.39, 0.29) is 11.9 Å². The molecule has 0 saturated carbocycles. The van der Waals surface area contributed by atoms with Gasteiger partial charge < -0.3 is 10.0 Å². The highest BCUT2D eigenvalue weighted by atomic mass is 16.3. The minimum atomic E-state index is 0.204. The molecule has 7 heteroatoms. The predicted octanol–water partition coefficient (Wildman–Crippen LogP) is 0.993. The molecule has 0 radical (unpaired) electrons. The molecule has 3 heterocycles. The van der Waals surface area contributed by atoms with Crippen molar-refractivity contribution in [1.29, 1.82) is 0 Å². The van der Waals surface area contributed by atoms with Crippen LogP contribution < -0.4 is 0 Å². The zero-order valence-corrected chi connectivity index (χ0v) is 13.4. The maximum absolute atomic E-state index is 10.8. The van der Waals surface area contributed by atoms with Gasteiger partial charge in [-0.15, -0.1) is 0 Å². The third-order valence-corrected chi connectivity index (χ3v) is 4.92. The molecule has 2 aliphatic rings. The van der Waals surface area contributed by atoms with Crippen molar-refractivity contribution in [3.8, 4) is 11.8 Å². The molecule has 1 aliphatic heterocycles. The van der Waals surface area contributed by atoms with Crippen LogP contribution in [-0.4, -0.2) is 67.9 Å². The fourth-order valence-corrected chi connectivity index (χ4v) is 3.64. The largest absolute Gasteiger partial charge is 0.493 e. The highest BCUT2D eigenvalue weighted by Crippen LogP contribution is 2.40. The average Bonchev–Trinajstić information content (AvgIpc) is 2.94. The Labute approximate surface area is 135 Å². The Balaban J connectivity index is 1.69. The summed E-state index contributed by atoms with van der Waals surface area (Å²) in [4.78, 5) is 13.2. The van der Waals surface area contributed by atoms with E-state index in [0.29, 0.717) is 5.95 Å². The predicted molar refractivity (Wildman–Crippen MR) is 85.6 cm³/mol. The van der Waals surface area contributed by atoms with Gasteiger partial charge in [0.2, 0.25) is 5.88 Å². The Kier molecular flexibility index (Phi) is 3.74. The number of aromatic hydroxyl groups is 1. The first-order chi connectivity index (χ1) is 11.2. The van der Waals surface area contributed by atoms with Gasteiger partial charge in [0.1, 0.15) is 0 Å². The van der Waals surface area contributed by atoms with Crippen molar-refractivity contribution in [2.75, 3.05) is 33.2 Å². The van der Waals surface area contributed by atoms with E-state index in [2.05, 4.69) is 31.9 Å². The summed E-state index contributed by atoms with van der Waals surface area (Å²) in [6.07, 6.45) is 6.43. The first-order valence-corrected chi connectivity index (χ1v) is 8.25. The van der Waals surface area contributed by atoms with Gasteiger partial charge in [-0.05, 0) is 32.4 Å². The molecule has 0 bridgehead atoms. The number of aromatic nitrogens is 4. The molecule has 122 valence electrons. The van der Waals surface area contributed by atoms with Gasteiger partial charge in [-0.25, -0.2) is 9.97 Å². The van der Waals surface area contributed by atoms with Crippen molar-refractivity contribution in [3.05, 3.63) is 29.7 Å². The molecule has 1 unspecified atom stereocenters. The lowest BCUT2D eigenvalue weighted by atomic mass is 9.91. The standard InChI is InChI=1S/C16H22N6O/c1-20-8-10-21(11-9-20)13-5-2-4-12-14(13)15(23)22(19-12)16-17-6-3-7-18-16/h3,6-7,13,23H,2,4-5,8-11H2,1H3. The van der Waals surface area contributed by atoms with Gasteiger partial charge in [-0.1, -0.05) is 0 Å². The number of rotatable bonds is 2. The number of hydrogen-bond donors (Lipinski definition) is 1. The lowest BCUT2D eigenvalue weighted by molar-refractivity contribution is 0.101. The van der Waals surface area contributed by atoms with E-state index in [1.165, 1.54) is 4.68 Å². The maximum atomic E-state index is 10.8. The topological polar surface area (TPSA) is 70.3 Å². The smallest absolute Gasteiger partial charge is 0.253 e. The van der Waals surface area contributed by atoms with Gasteiger partial charge in [0, 0.05) is 44.6 Å². The molecule has 1 aliphatic carbocycles.